The smallest absolute Gasteiger partial charge is 0.323 e. The topological polar surface area (TPSA) is 87.1 Å². The number of hydrogen-bond acceptors (Lipinski definition) is 4. The van der Waals surface area contributed by atoms with Gasteiger partial charge in [0.1, 0.15) is 18.0 Å². The van der Waals surface area contributed by atoms with Crippen LogP contribution in [-0.2, 0) is 11.2 Å². The average Bonchev–Trinajstić information content (AvgIpc) is 2.87. The number of hydrogen-bond donors (Lipinski definition) is 2. The number of carbonyl (C=O) groups is 2. The highest BCUT2D eigenvalue weighted by Gasteiger charge is 2.23. The van der Waals surface area contributed by atoms with E-state index in [2.05, 4.69) is 31.9 Å². The van der Waals surface area contributed by atoms with Crippen LogP contribution in [0.4, 0.5) is 5.69 Å². The molecule has 0 saturated carbocycles. The lowest BCUT2D eigenvalue weighted by Gasteiger charge is -2.23. The summed E-state index contributed by atoms with van der Waals surface area (Å²) in [5, 5.41) is 19.7. The molecule has 8 heteroatoms. The molecule has 0 atom stereocenters. The number of nitrogens with zero attached hydrogens (tertiary/aromatic N) is 1. The number of phenols is 1. The van der Waals surface area contributed by atoms with Crippen molar-refractivity contribution in [1.82, 2.24) is 0 Å². The normalized spacial score (nSPS) is 10.6. The van der Waals surface area contributed by atoms with E-state index in [1.165, 1.54) is 4.90 Å². The first-order chi connectivity index (χ1) is 17.3. The number of phenolic OH excluding ortho intramolecular Hbond substituents is 1. The predicted molar refractivity (Wildman–Crippen MR) is 145 cm³/mol. The van der Waals surface area contributed by atoms with Crippen LogP contribution in [0.5, 0.6) is 17.2 Å². The van der Waals surface area contributed by atoms with E-state index in [9.17, 15) is 19.8 Å². The van der Waals surface area contributed by atoms with E-state index < -0.39 is 18.4 Å². The van der Waals surface area contributed by atoms with Crippen LogP contribution in [0.15, 0.2) is 99.9 Å². The standard InChI is InChI=1S/C28H21Br2NO5/c29-23-15-21(31(17-26(33)34)28(35)19-9-5-2-6-10-19)16-24(30)27(23)36-22-11-12-25(32)20(14-22)13-18-7-3-1-4-8-18/h1-12,14-16,32H,13,17H2,(H,33,34). The molecule has 0 aliphatic carbocycles. The largest absolute Gasteiger partial charge is 0.508 e. The minimum Gasteiger partial charge on any atom is -0.508 e. The van der Waals surface area contributed by atoms with Crippen molar-refractivity contribution in [3.05, 3.63) is 117 Å². The zero-order valence-corrected chi connectivity index (χ0v) is 22.1. The second-order valence-corrected chi connectivity index (χ2v) is 9.65. The van der Waals surface area contributed by atoms with Gasteiger partial charge in [-0.15, -0.1) is 0 Å². The molecule has 0 bridgehead atoms. The first kappa shape index (κ1) is 25.5. The molecule has 0 unspecified atom stereocenters. The fourth-order valence-corrected chi connectivity index (χ4v) is 4.98. The third-order valence-corrected chi connectivity index (χ3v) is 6.54. The monoisotopic (exact) mass is 609 g/mol. The Morgan fingerprint density at radius 3 is 2.06 bits per heavy atom. The van der Waals surface area contributed by atoms with E-state index in [1.807, 2.05) is 30.3 Å². The number of halogens is 2. The number of benzene rings is 4. The molecule has 0 spiro atoms. The Morgan fingerprint density at radius 2 is 1.44 bits per heavy atom. The van der Waals surface area contributed by atoms with Crippen LogP contribution in [0.1, 0.15) is 21.5 Å². The Balaban J connectivity index is 1.62. The third-order valence-electron chi connectivity index (χ3n) is 5.36. The molecule has 1 amide bonds. The van der Waals surface area contributed by atoms with Gasteiger partial charge in [0, 0.05) is 23.2 Å². The van der Waals surface area contributed by atoms with E-state index in [4.69, 9.17) is 4.74 Å². The van der Waals surface area contributed by atoms with Gasteiger partial charge in [0.05, 0.1) is 8.95 Å². The predicted octanol–water partition coefficient (Wildman–Crippen LogP) is 7.03. The van der Waals surface area contributed by atoms with Crippen molar-refractivity contribution < 1.29 is 24.5 Å². The Morgan fingerprint density at radius 1 is 0.833 bits per heavy atom. The van der Waals surface area contributed by atoms with Gasteiger partial charge in [-0.1, -0.05) is 48.5 Å². The first-order valence-electron chi connectivity index (χ1n) is 10.9. The van der Waals surface area contributed by atoms with Crippen LogP contribution >= 0.6 is 31.9 Å². The van der Waals surface area contributed by atoms with E-state index in [0.29, 0.717) is 43.7 Å². The number of amides is 1. The van der Waals surface area contributed by atoms with Crippen molar-refractivity contribution in [3.63, 3.8) is 0 Å². The fraction of sp³-hybridized carbons (Fsp3) is 0.0714. The van der Waals surface area contributed by atoms with E-state index in [1.54, 1.807) is 60.7 Å². The van der Waals surface area contributed by atoms with Gasteiger partial charge >= 0.3 is 5.97 Å². The number of carbonyl (C=O) groups excluding carboxylic acids is 1. The maximum Gasteiger partial charge on any atom is 0.323 e. The Bertz CT molecular complexity index is 1370. The quantitative estimate of drug-likeness (QED) is 0.224. The van der Waals surface area contributed by atoms with Gasteiger partial charge in [0.25, 0.3) is 5.91 Å². The number of carboxylic acid groups (broad SMARTS) is 1. The van der Waals surface area contributed by atoms with Crippen molar-refractivity contribution in [2.75, 3.05) is 11.4 Å². The second-order valence-electron chi connectivity index (χ2n) is 7.94. The molecule has 4 rings (SSSR count). The first-order valence-corrected chi connectivity index (χ1v) is 12.5. The summed E-state index contributed by atoms with van der Waals surface area (Å²) in [6.45, 7) is -0.506. The molecule has 182 valence electrons. The lowest BCUT2D eigenvalue weighted by molar-refractivity contribution is -0.135. The number of aliphatic carboxylic acids is 1. The van der Waals surface area contributed by atoms with Crippen molar-refractivity contribution in [2.45, 2.75) is 6.42 Å². The molecular formula is C28H21Br2NO5. The molecular weight excluding hydrogens is 590 g/mol. The van der Waals surface area contributed by atoms with Gasteiger partial charge in [0.2, 0.25) is 0 Å². The molecule has 0 aromatic heterocycles. The summed E-state index contributed by atoms with van der Waals surface area (Å²) in [5.41, 5.74) is 2.52. The molecule has 0 aliphatic heterocycles. The number of carboxylic acids is 1. The van der Waals surface area contributed by atoms with Crippen molar-refractivity contribution in [3.8, 4) is 17.2 Å². The van der Waals surface area contributed by atoms with Crippen LogP contribution in [0.2, 0.25) is 0 Å². The van der Waals surface area contributed by atoms with Crippen molar-refractivity contribution in [1.29, 1.82) is 0 Å². The number of ether oxygens (including phenoxy) is 1. The van der Waals surface area contributed by atoms with Crippen LogP contribution in [0, 0.1) is 0 Å². The molecule has 4 aromatic carbocycles. The number of rotatable bonds is 8. The maximum atomic E-state index is 13.1. The Kier molecular flexibility index (Phi) is 8.07. The summed E-state index contributed by atoms with van der Waals surface area (Å²) < 4.78 is 7.14. The summed E-state index contributed by atoms with van der Waals surface area (Å²) in [7, 11) is 0. The molecule has 36 heavy (non-hydrogen) atoms. The minimum absolute atomic E-state index is 0.170. The highest BCUT2D eigenvalue weighted by atomic mass is 79.9. The summed E-state index contributed by atoms with van der Waals surface area (Å²) in [6.07, 6.45) is 0.539. The third kappa shape index (κ3) is 6.13. The number of aromatic hydroxyl groups is 1. The lowest BCUT2D eigenvalue weighted by Crippen LogP contribution is -2.35. The zero-order chi connectivity index (χ0) is 25.7. The SMILES string of the molecule is O=C(O)CN(C(=O)c1ccccc1)c1cc(Br)c(Oc2ccc(O)c(Cc3ccccc3)c2)c(Br)c1. The second kappa shape index (κ2) is 11.4. The molecule has 2 N–H and O–H groups in total. The van der Waals surface area contributed by atoms with Gasteiger partial charge in [-0.05, 0) is 79.9 Å². The highest BCUT2D eigenvalue weighted by molar-refractivity contribution is 9.11. The van der Waals surface area contributed by atoms with E-state index >= 15 is 0 Å². The molecule has 0 aliphatic rings. The zero-order valence-electron chi connectivity index (χ0n) is 18.9. The Labute approximate surface area is 225 Å². The van der Waals surface area contributed by atoms with Crippen molar-refractivity contribution >= 4 is 49.4 Å². The van der Waals surface area contributed by atoms with Crippen LogP contribution < -0.4 is 9.64 Å². The van der Waals surface area contributed by atoms with Crippen LogP contribution in [0.25, 0.3) is 0 Å². The molecule has 0 saturated heterocycles. The summed E-state index contributed by atoms with van der Waals surface area (Å²) >= 11 is 6.98. The summed E-state index contributed by atoms with van der Waals surface area (Å²) in [4.78, 5) is 25.8. The van der Waals surface area contributed by atoms with Gasteiger partial charge in [0.15, 0.2) is 5.75 Å². The summed E-state index contributed by atoms with van der Waals surface area (Å²) in [6, 6.07) is 26.6. The Hall–Kier alpha value is -3.62. The van der Waals surface area contributed by atoms with E-state index in [0.717, 1.165) is 5.56 Å². The van der Waals surface area contributed by atoms with Gasteiger partial charge < -0.3 is 14.9 Å². The fourth-order valence-electron chi connectivity index (χ4n) is 3.65. The van der Waals surface area contributed by atoms with Crippen molar-refractivity contribution in [2.24, 2.45) is 0 Å². The highest BCUT2D eigenvalue weighted by Crippen LogP contribution is 2.41. The molecule has 4 aromatic rings. The lowest BCUT2D eigenvalue weighted by atomic mass is 10.0. The van der Waals surface area contributed by atoms with E-state index in [-0.39, 0.29) is 5.75 Å². The van der Waals surface area contributed by atoms with Gasteiger partial charge in [-0.3, -0.25) is 14.5 Å². The molecule has 6 nitrogen and oxygen atoms in total. The maximum absolute atomic E-state index is 13.1. The van der Waals surface area contributed by atoms with Crippen LogP contribution in [-0.4, -0.2) is 28.6 Å². The minimum atomic E-state index is -1.14. The average molecular weight is 611 g/mol. The molecule has 0 radical (unpaired) electrons. The summed E-state index contributed by atoms with van der Waals surface area (Å²) in [5.74, 6) is -0.451. The van der Waals surface area contributed by atoms with Gasteiger partial charge in [-0.2, -0.15) is 0 Å². The van der Waals surface area contributed by atoms with Gasteiger partial charge in [-0.25, -0.2) is 0 Å². The molecule has 0 heterocycles. The number of anilines is 1. The van der Waals surface area contributed by atoms with Crippen LogP contribution in [0.3, 0.4) is 0 Å². The molecule has 0 fully saturated rings.